The molecule has 1 aliphatic rings. The Kier molecular flexibility index (Phi) is 7.34. The number of aliphatic hydroxyl groups is 1. The number of amides is 2. The Morgan fingerprint density at radius 1 is 1.16 bits per heavy atom. The first kappa shape index (κ1) is 22.8. The van der Waals surface area contributed by atoms with Gasteiger partial charge in [0.05, 0.1) is 18.2 Å². The lowest BCUT2D eigenvalue weighted by molar-refractivity contribution is -0.155. The molecular weight excluding hydrogens is 478 g/mol. The van der Waals surface area contributed by atoms with Gasteiger partial charge in [0.1, 0.15) is 17.7 Å². The highest BCUT2D eigenvalue weighted by atomic mass is 79.9. The van der Waals surface area contributed by atoms with Crippen molar-refractivity contribution in [2.24, 2.45) is 0 Å². The Hall–Kier alpha value is -2.85. The van der Waals surface area contributed by atoms with Gasteiger partial charge < -0.3 is 20.1 Å². The molecule has 7 nitrogen and oxygen atoms in total. The number of β-amino-alcohol motifs (C(OH)–C–C–N with tert-alkyl or cyclic N) is 1. The van der Waals surface area contributed by atoms with E-state index in [2.05, 4.69) is 21.2 Å². The zero-order valence-corrected chi connectivity index (χ0v) is 17.8. The lowest BCUT2D eigenvalue weighted by atomic mass is 10.1. The predicted molar refractivity (Wildman–Crippen MR) is 110 cm³/mol. The highest BCUT2D eigenvalue weighted by molar-refractivity contribution is 9.10. The molecule has 2 atom stereocenters. The molecular formula is C21H19BrF2N2O5. The van der Waals surface area contributed by atoms with Gasteiger partial charge in [0, 0.05) is 17.4 Å². The maximum Gasteiger partial charge on any atom is 0.329 e. The SMILES string of the molecule is O=C(COC(=O)[C@H]1C[C@@H](O)CN1C(=O)Cc1ccccc1F)Nc1ccc(Br)cc1F. The fourth-order valence-electron chi connectivity index (χ4n) is 3.23. The molecule has 2 amide bonds. The van der Waals surface area contributed by atoms with Gasteiger partial charge in [0.25, 0.3) is 5.91 Å². The van der Waals surface area contributed by atoms with Gasteiger partial charge in [0.2, 0.25) is 5.91 Å². The number of halogens is 3. The smallest absolute Gasteiger partial charge is 0.329 e. The molecule has 0 aromatic heterocycles. The molecule has 1 aliphatic heterocycles. The second kappa shape index (κ2) is 9.97. The van der Waals surface area contributed by atoms with E-state index < -0.39 is 48.2 Å². The number of rotatable bonds is 6. The van der Waals surface area contributed by atoms with Gasteiger partial charge in [-0.3, -0.25) is 9.59 Å². The molecule has 0 saturated carbocycles. The van der Waals surface area contributed by atoms with Crippen LogP contribution in [0.3, 0.4) is 0 Å². The van der Waals surface area contributed by atoms with Crippen molar-refractivity contribution in [1.82, 2.24) is 4.90 Å². The van der Waals surface area contributed by atoms with Crippen LogP contribution in [-0.2, 0) is 25.5 Å². The number of nitrogens with zero attached hydrogens (tertiary/aromatic N) is 1. The highest BCUT2D eigenvalue weighted by Crippen LogP contribution is 2.22. The van der Waals surface area contributed by atoms with Gasteiger partial charge >= 0.3 is 5.97 Å². The topological polar surface area (TPSA) is 95.9 Å². The van der Waals surface area contributed by atoms with Crippen LogP contribution in [0.25, 0.3) is 0 Å². The highest BCUT2D eigenvalue weighted by Gasteiger charge is 2.40. The van der Waals surface area contributed by atoms with Crippen molar-refractivity contribution in [3.05, 3.63) is 64.1 Å². The average molecular weight is 497 g/mol. The van der Waals surface area contributed by atoms with Crippen molar-refractivity contribution < 1.29 is 33.0 Å². The summed E-state index contributed by atoms with van der Waals surface area (Å²) < 4.78 is 33.1. The van der Waals surface area contributed by atoms with Crippen molar-refractivity contribution >= 4 is 39.4 Å². The third-order valence-corrected chi connectivity index (χ3v) is 5.21. The minimum absolute atomic E-state index is 0.0647. The summed E-state index contributed by atoms with van der Waals surface area (Å²) in [6.07, 6.45) is -1.30. The molecule has 2 aromatic carbocycles. The Labute approximate surface area is 185 Å². The molecule has 164 valence electrons. The summed E-state index contributed by atoms with van der Waals surface area (Å²) in [5.41, 5.74) is 0.0825. The van der Waals surface area contributed by atoms with Crippen molar-refractivity contribution in [3.8, 4) is 0 Å². The number of ether oxygens (including phenoxy) is 1. The quantitative estimate of drug-likeness (QED) is 0.598. The Bertz CT molecular complexity index is 1000. The van der Waals surface area contributed by atoms with Gasteiger partial charge in [0.15, 0.2) is 6.61 Å². The number of nitrogens with one attached hydrogen (secondary N) is 1. The molecule has 1 heterocycles. The van der Waals surface area contributed by atoms with Crippen LogP contribution in [0.15, 0.2) is 46.9 Å². The minimum Gasteiger partial charge on any atom is -0.454 e. The van der Waals surface area contributed by atoms with Crippen LogP contribution < -0.4 is 5.32 Å². The maximum absolute atomic E-state index is 13.8. The van der Waals surface area contributed by atoms with Gasteiger partial charge in [-0.05, 0) is 29.8 Å². The van der Waals surface area contributed by atoms with E-state index in [1.54, 1.807) is 6.07 Å². The number of anilines is 1. The number of aliphatic hydroxyl groups excluding tert-OH is 1. The van der Waals surface area contributed by atoms with E-state index in [0.717, 1.165) is 4.90 Å². The van der Waals surface area contributed by atoms with Gasteiger partial charge in [-0.25, -0.2) is 13.6 Å². The van der Waals surface area contributed by atoms with Crippen molar-refractivity contribution in [1.29, 1.82) is 0 Å². The first-order valence-electron chi connectivity index (χ1n) is 9.37. The molecule has 1 fully saturated rings. The number of benzene rings is 2. The largest absolute Gasteiger partial charge is 0.454 e. The number of carbonyl (C=O) groups excluding carboxylic acids is 3. The molecule has 0 spiro atoms. The molecule has 1 saturated heterocycles. The third kappa shape index (κ3) is 5.86. The van der Waals surface area contributed by atoms with Gasteiger partial charge in [-0.2, -0.15) is 0 Å². The zero-order chi connectivity index (χ0) is 22.5. The van der Waals surface area contributed by atoms with Crippen molar-refractivity contribution in [2.75, 3.05) is 18.5 Å². The van der Waals surface area contributed by atoms with Crippen LogP contribution in [0.4, 0.5) is 14.5 Å². The van der Waals surface area contributed by atoms with Crippen LogP contribution in [0.5, 0.6) is 0 Å². The van der Waals surface area contributed by atoms with Crippen LogP contribution in [0.2, 0.25) is 0 Å². The minimum atomic E-state index is -1.11. The van der Waals surface area contributed by atoms with Gasteiger partial charge in [-0.1, -0.05) is 34.1 Å². The molecule has 2 aromatic rings. The fraction of sp³-hybridized carbons (Fsp3) is 0.286. The predicted octanol–water partition coefficient (Wildman–Crippen LogP) is 2.41. The monoisotopic (exact) mass is 496 g/mol. The van der Waals surface area contributed by atoms with E-state index >= 15 is 0 Å². The first-order chi connectivity index (χ1) is 14.7. The third-order valence-electron chi connectivity index (χ3n) is 4.72. The first-order valence-corrected chi connectivity index (χ1v) is 10.2. The number of hydrogen-bond donors (Lipinski definition) is 2. The van der Waals surface area contributed by atoms with Gasteiger partial charge in [-0.15, -0.1) is 0 Å². The van der Waals surface area contributed by atoms with Crippen molar-refractivity contribution in [3.63, 3.8) is 0 Å². The number of hydrogen-bond acceptors (Lipinski definition) is 5. The summed E-state index contributed by atoms with van der Waals surface area (Å²) in [7, 11) is 0. The number of carbonyl (C=O) groups is 3. The van der Waals surface area contributed by atoms with Crippen LogP contribution in [0, 0.1) is 11.6 Å². The Morgan fingerprint density at radius 3 is 2.61 bits per heavy atom. The van der Waals surface area contributed by atoms with E-state index in [1.165, 1.54) is 36.4 Å². The summed E-state index contributed by atoms with van der Waals surface area (Å²) in [6.45, 7) is -0.806. The normalized spacial score (nSPS) is 18.0. The fourth-order valence-corrected chi connectivity index (χ4v) is 3.56. The van der Waals surface area contributed by atoms with E-state index in [4.69, 9.17) is 4.74 Å². The molecule has 3 rings (SSSR count). The molecule has 31 heavy (non-hydrogen) atoms. The van der Waals surface area contributed by atoms with Crippen LogP contribution in [-0.4, -0.2) is 53.1 Å². The maximum atomic E-state index is 13.8. The average Bonchev–Trinajstić information content (AvgIpc) is 3.12. The Balaban J connectivity index is 1.58. The standard InChI is InChI=1S/C21H19BrF2N2O5/c22-13-5-6-17(16(24)8-13)25-19(28)11-31-21(30)18-9-14(27)10-26(18)20(29)7-12-3-1-2-4-15(12)23/h1-6,8,14,18,27H,7,9-11H2,(H,25,28)/t14-,18-/m1/s1. The van der Waals surface area contributed by atoms with E-state index in [1.807, 2.05) is 0 Å². The van der Waals surface area contributed by atoms with Crippen molar-refractivity contribution in [2.45, 2.75) is 25.0 Å². The molecule has 10 heteroatoms. The van der Waals surface area contributed by atoms with Crippen LogP contribution >= 0.6 is 15.9 Å². The second-order valence-electron chi connectivity index (χ2n) is 7.00. The van der Waals surface area contributed by atoms with Crippen LogP contribution in [0.1, 0.15) is 12.0 Å². The van der Waals surface area contributed by atoms with E-state index in [-0.39, 0.29) is 30.6 Å². The number of likely N-dealkylation sites (tertiary alicyclic amines) is 1. The molecule has 2 N–H and O–H groups in total. The van der Waals surface area contributed by atoms with E-state index in [9.17, 15) is 28.3 Å². The lowest BCUT2D eigenvalue weighted by Gasteiger charge is -2.23. The summed E-state index contributed by atoms with van der Waals surface area (Å²) in [4.78, 5) is 38.1. The molecule has 0 aliphatic carbocycles. The summed E-state index contributed by atoms with van der Waals surface area (Å²) in [5.74, 6) is -3.42. The zero-order valence-electron chi connectivity index (χ0n) is 16.2. The number of esters is 1. The summed E-state index contributed by atoms with van der Waals surface area (Å²) in [6, 6.07) is 8.70. The second-order valence-corrected chi connectivity index (χ2v) is 7.92. The lowest BCUT2D eigenvalue weighted by Crippen LogP contribution is -2.43. The summed E-state index contributed by atoms with van der Waals surface area (Å²) >= 11 is 3.10. The molecule has 0 unspecified atom stereocenters. The van der Waals surface area contributed by atoms with E-state index in [0.29, 0.717) is 4.47 Å². The summed E-state index contributed by atoms with van der Waals surface area (Å²) in [5, 5.41) is 12.2. The molecule has 0 radical (unpaired) electrons. The Morgan fingerprint density at radius 2 is 1.90 bits per heavy atom. The molecule has 0 bridgehead atoms.